The number of hydrogen-bond acceptors (Lipinski definition) is 4. The van der Waals surface area contributed by atoms with Crippen molar-refractivity contribution in [3.8, 4) is 0 Å². The molecule has 2 aromatic heterocycles. The first-order chi connectivity index (χ1) is 14.1. The highest BCUT2D eigenvalue weighted by Crippen LogP contribution is 2.38. The average molecular weight is 387 g/mol. The molecule has 7 nitrogen and oxygen atoms in total. The number of aromatic amines is 1. The Morgan fingerprint density at radius 3 is 2.52 bits per heavy atom. The summed E-state index contributed by atoms with van der Waals surface area (Å²) in [4.78, 5) is 27.3. The molecule has 0 spiro atoms. The fraction of sp³-hybridized carbons (Fsp3) is 0.0909. The van der Waals surface area contributed by atoms with E-state index in [1.54, 1.807) is 36.5 Å². The molecule has 1 atom stereocenters. The van der Waals surface area contributed by atoms with Crippen molar-refractivity contribution >= 4 is 22.4 Å². The molecule has 4 aromatic rings. The number of nitro groups is 1. The Kier molecular flexibility index (Phi) is 4.78. The van der Waals surface area contributed by atoms with E-state index in [2.05, 4.69) is 4.98 Å². The number of nitro benzene ring substituents is 1. The number of nitrogens with zero attached hydrogens (tertiary/aromatic N) is 2. The molecule has 29 heavy (non-hydrogen) atoms. The summed E-state index contributed by atoms with van der Waals surface area (Å²) in [5.41, 5.74) is 2.03. The van der Waals surface area contributed by atoms with E-state index in [1.807, 2.05) is 24.3 Å². The van der Waals surface area contributed by atoms with Gasteiger partial charge in [-0.3, -0.25) is 14.9 Å². The van der Waals surface area contributed by atoms with E-state index < -0.39 is 10.8 Å². The first-order valence-corrected chi connectivity index (χ1v) is 9.07. The molecule has 4 rings (SSSR count). The predicted octanol–water partition coefficient (Wildman–Crippen LogP) is 4.11. The van der Waals surface area contributed by atoms with Gasteiger partial charge in [-0.1, -0.05) is 36.4 Å². The molecule has 7 heteroatoms. The van der Waals surface area contributed by atoms with Gasteiger partial charge in [0, 0.05) is 53.2 Å². The lowest BCUT2D eigenvalue weighted by atomic mass is 9.85. The molecular weight excluding hydrogens is 370 g/mol. The van der Waals surface area contributed by atoms with Crippen LogP contribution in [0.5, 0.6) is 0 Å². The molecule has 2 aromatic carbocycles. The van der Waals surface area contributed by atoms with E-state index >= 15 is 0 Å². The molecule has 0 unspecified atom stereocenters. The summed E-state index contributed by atoms with van der Waals surface area (Å²) in [6, 6.07) is 18.6. The maximum Gasteiger partial charge on any atom is 0.273 e. The Labute approximate surface area is 166 Å². The fourth-order valence-electron chi connectivity index (χ4n) is 3.65. The Morgan fingerprint density at radius 2 is 1.72 bits per heavy atom. The number of carbonyl (C=O) groups excluding carboxylic acids is 1. The number of aromatic nitrogens is 2. The summed E-state index contributed by atoms with van der Waals surface area (Å²) in [6.45, 7) is 0. The minimum Gasteiger partial charge on any atom is -0.618 e. The SMILES string of the molecule is O=C(C[C@@H](c1ccccc1[N+](=O)[O-])c1c[nH]c2ccccc12)c1cccc[n+]1[O-]. The molecule has 1 N–H and O–H groups in total. The molecular formula is C22H17N3O4. The number of H-pyrrole nitrogens is 1. The molecule has 0 radical (unpaired) electrons. The molecule has 0 amide bonds. The van der Waals surface area contributed by atoms with Gasteiger partial charge in [-0.2, -0.15) is 4.73 Å². The lowest BCUT2D eigenvalue weighted by molar-refractivity contribution is -0.607. The summed E-state index contributed by atoms with van der Waals surface area (Å²) in [5.74, 6) is -0.963. The smallest absolute Gasteiger partial charge is 0.273 e. The zero-order chi connectivity index (χ0) is 20.4. The maximum atomic E-state index is 13.0. The number of rotatable bonds is 6. The number of carbonyl (C=O) groups is 1. The quantitative estimate of drug-likeness (QED) is 0.177. The third kappa shape index (κ3) is 3.45. The Balaban J connectivity index is 1.85. The lowest BCUT2D eigenvalue weighted by Gasteiger charge is -2.16. The van der Waals surface area contributed by atoms with E-state index in [0.717, 1.165) is 16.5 Å². The van der Waals surface area contributed by atoms with Gasteiger partial charge in [0.2, 0.25) is 5.78 Å². The zero-order valence-electron chi connectivity index (χ0n) is 15.3. The van der Waals surface area contributed by atoms with Gasteiger partial charge in [0.05, 0.1) is 4.92 Å². The number of ketones is 1. The van der Waals surface area contributed by atoms with Crippen molar-refractivity contribution in [2.45, 2.75) is 12.3 Å². The van der Waals surface area contributed by atoms with Crippen molar-refractivity contribution in [2.75, 3.05) is 0 Å². The van der Waals surface area contributed by atoms with E-state index in [0.29, 0.717) is 10.3 Å². The number of hydrogen-bond donors (Lipinski definition) is 1. The van der Waals surface area contributed by atoms with Crippen molar-refractivity contribution in [1.29, 1.82) is 0 Å². The molecule has 0 aliphatic rings. The van der Waals surface area contributed by atoms with Gasteiger partial charge in [0.1, 0.15) is 0 Å². The van der Waals surface area contributed by atoms with Crippen molar-refractivity contribution in [2.24, 2.45) is 0 Å². The molecule has 0 aliphatic heterocycles. The van der Waals surface area contributed by atoms with Gasteiger partial charge in [-0.15, -0.1) is 0 Å². The number of pyridine rings is 1. The minimum atomic E-state index is -0.583. The number of fused-ring (bicyclic) bond motifs is 1. The molecule has 2 heterocycles. The van der Waals surface area contributed by atoms with Crippen LogP contribution >= 0.6 is 0 Å². The van der Waals surface area contributed by atoms with Gasteiger partial charge in [-0.25, -0.2) is 0 Å². The topological polar surface area (TPSA) is 103 Å². The van der Waals surface area contributed by atoms with Crippen LogP contribution in [-0.4, -0.2) is 15.7 Å². The summed E-state index contributed by atoms with van der Waals surface area (Å²) in [6.07, 6.45) is 2.97. The number of benzene rings is 2. The van der Waals surface area contributed by atoms with Gasteiger partial charge < -0.3 is 10.2 Å². The molecule has 144 valence electrons. The largest absolute Gasteiger partial charge is 0.618 e. The molecule has 0 aliphatic carbocycles. The Bertz CT molecular complexity index is 1220. The van der Waals surface area contributed by atoms with Crippen molar-refractivity contribution in [3.63, 3.8) is 0 Å². The van der Waals surface area contributed by atoms with Crippen LogP contribution in [0.4, 0.5) is 5.69 Å². The monoisotopic (exact) mass is 387 g/mol. The zero-order valence-corrected chi connectivity index (χ0v) is 15.3. The second kappa shape index (κ2) is 7.55. The second-order valence-corrected chi connectivity index (χ2v) is 6.70. The maximum absolute atomic E-state index is 13.0. The molecule has 0 fully saturated rings. The number of para-hydroxylation sites is 2. The Morgan fingerprint density at radius 1 is 1.00 bits per heavy atom. The summed E-state index contributed by atoms with van der Waals surface area (Å²) < 4.78 is 0.522. The van der Waals surface area contributed by atoms with Crippen LogP contribution in [0.1, 0.15) is 34.0 Å². The van der Waals surface area contributed by atoms with Gasteiger partial charge >= 0.3 is 0 Å². The normalized spacial score (nSPS) is 12.0. The second-order valence-electron chi connectivity index (χ2n) is 6.70. The van der Waals surface area contributed by atoms with Crippen LogP contribution in [0.15, 0.2) is 79.1 Å². The summed E-state index contributed by atoms with van der Waals surface area (Å²) in [5, 5.41) is 24.5. The van der Waals surface area contributed by atoms with Crippen molar-refractivity contribution < 1.29 is 14.4 Å². The summed E-state index contributed by atoms with van der Waals surface area (Å²) in [7, 11) is 0. The van der Waals surface area contributed by atoms with Crippen LogP contribution in [0.2, 0.25) is 0 Å². The molecule has 0 bridgehead atoms. The first kappa shape index (κ1) is 18.4. The van der Waals surface area contributed by atoms with Crippen LogP contribution in [-0.2, 0) is 0 Å². The van der Waals surface area contributed by atoms with Crippen LogP contribution < -0.4 is 4.73 Å². The standard InChI is InChI=1S/C22H17N3O4/c26-22(21-11-5-6-12-24(21)27)13-17(16-8-2-4-10-20(16)25(28)29)18-14-23-19-9-3-1-7-15(18)19/h1-12,14,17,23H,13H2/t17-/m0/s1. The fourth-order valence-corrected chi connectivity index (χ4v) is 3.65. The average Bonchev–Trinajstić information content (AvgIpc) is 3.16. The van der Waals surface area contributed by atoms with Crippen LogP contribution in [0.25, 0.3) is 10.9 Å². The minimum absolute atomic E-state index is 0.0101. The first-order valence-electron chi connectivity index (χ1n) is 9.07. The number of Topliss-reactive ketones (excluding diaryl/α,β-unsaturated/α-hetero) is 1. The van der Waals surface area contributed by atoms with E-state index in [4.69, 9.17) is 0 Å². The number of nitrogens with one attached hydrogen (secondary N) is 1. The van der Waals surface area contributed by atoms with Crippen LogP contribution in [0.3, 0.4) is 0 Å². The van der Waals surface area contributed by atoms with Gasteiger partial charge in [0.15, 0.2) is 6.20 Å². The van der Waals surface area contributed by atoms with Gasteiger partial charge in [0.25, 0.3) is 11.4 Å². The highest BCUT2D eigenvalue weighted by atomic mass is 16.6. The third-order valence-corrected chi connectivity index (χ3v) is 5.00. The summed E-state index contributed by atoms with van der Waals surface area (Å²) >= 11 is 0. The highest BCUT2D eigenvalue weighted by molar-refractivity contribution is 5.95. The molecule has 0 saturated carbocycles. The van der Waals surface area contributed by atoms with E-state index in [1.165, 1.54) is 18.3 Å². The van der Waals surface area contributed by atoms with Crippen LogP contribution in [0, 0.1) is 15.3 Å². The molecule has 0 saturated heterocycles. The van der Waals surface area contributed by atoms with Gasteiger partial charge in [-0.05, 0) is 17.7 Å². The van der Waals surface area contributed by atoms with E-state index in [-0.39, 0.29) is 23.6 Å². The Hall–Kier alpha value is -4.00. The van der Waals surface area contributed by atoms with Crippen molar-refractivity contribution in [1.82, 2.24) is 4.98 Å². The van der Waals surface area contributed by atoms with E-state index in [9.17, 15) is 20.1 Å². The third-order valence-electron chi connectivity index (χ3n) is 5.00. The highest BCUT2D eigenvalue weighted by Gasteiger charge is 2.29. The lowest BCUT2D eigenvalue weighted by Crippen LogP contribution is -2.34. The predicted molar refractivity (Wildman–Crippen MR) is 108 cm³/mol. The van der Waals surface area contributed by atoms with Crippen molar-refractivity contribution in [3.05, 3.63) is 111 Å².